The Morgan fingerprint density at radius 2 is 1.76 bits per heavy atom. The summed E-state index contributed by atoms with van der Waals surface area (Å²) in [6.45, 7) is 1.94. The van der Waals surface area contributed by atoms with Gasteiger partial charge in [-0.05, 0) is 48.9 Å². The zero-order chi connectivity index (χ0) is 18.6. The quantitative estimate of drug-likeness (QED) is 0.806. The lowest BCUT2D eigenvalue weighted by Crippen LogP contribution is -2.23. The fourth-order valence-corrected chi connectivity index (χ4v) is 3.18. The molecule has 0 aliphatic carbocycles. The van der Waals surface area contributed by atoms with Gasteiger partial charge in [0.15, 0.2) is 0 Å². The molecule has 134 valence electrons. The van der Waals surface area contributed by atoms with Crippen LogP contribution in [0.2, 0.25) is 5.02 Å². The summed E-state index contributed by atoms with van der Waals surface area (Å²) >= 11 is 6.04. The molecule has 0 bridgehead atoms. The van der Waals surface area contributed by atoms with Crippen LogP contribution in [0.3, 0.4) is 0 Å². The van der Waals surface area contributed by atoms with E-state index in [0.717, 1.165) is 15.6 Å². The minimum atomic E-state index is -3.48. The van der Waals surface area contributed by atoms with Gasteiger partial charge in [-0.2, -0.15) is 0 Å². The molecule has 25 heavy (non-hydrogen) atoms. The van der Waals surface area contributed by atoms with Crippen LogP contribution in [0.5, 0.6) is 0 Å². The van der Waals surface area contributed by atoms with Crippen molar-refractivity contribution in [2.75, 3.05) is 31.3 Å². The molecule has 0 atom stereocenters. The van der Waals surface area contributed by atoms with E-state index in [-0.39, 0.29) is 17.3 Å². The van der Waals surface area contributed by atoms with Crippen molar-refractivity contribution in [1.29, 1.82) is 0 Å². The monoisotopic (exact) mass is 381 g/mol. The van der Waals surface area contributed by atoms with Crippen LogP contribution in [0, 0.1) is 6.92 Å². The van der Waals surface area contributed by atoms with Crippen molar-refractivity contribution >= 4 is 38.9 Å². The average molecular weight is 382 g/mol. The second-order valence-corrected chi connectivity index (χ2v) is 8.18. The third-order valence-corrected chi connectivity index (χ3v) is 5.86. The molecule has 0 saturated carbocycles. The topological polar surface area (TPSA) is 78.5 Å². The number of anilines is 2. The van der Waals surface area contributed by atoms with Crippen molar-refractivity contribution in [1.82, 2.24) is 4.31 Å². The second kappa shape index (κ2) is 7.86. The zero-order valence-electron chi connectivity index (χ0n) is 14.2. The number of sulfonamides is 1. The lowest BCUT2D eigenvalue weighted by Gasteiger charge is -2.13. The molecule has 0 unspecified atom stereocenters. The molecule has 0 heterocycles. The van der Waals surface area contributed by atoms with Crippen molar-refractivity contribution in [3.05, 3.63) is 53.1 Å². The molecule has 2 aromatic carbocycles. The van der Waals surface area contributed by atoms with Crippen LogP contribution in [0.4, 0.5) is 11.4 Å². The third-order valence-electron chi connectivity index (χ3n) is 3.62. The molecule has 2 N–H and O–H groups in total. The van der Waals surface area contributed by atoms with Gasteiger partial charge in [-0.3, -0.25) is 4.79 Å². The fraction of sp³-hybridized carbons (Fsp3) is 0.235. The number of carbonyl (C=O) groups excluding carboxylic acids is 1. The molecule has 6 nitrogen and oxygen atoms in total. The fourth-order valence-electron chi connectivity index (χ4n) is 2.10. The highest BCUT2D eigenvalue weighted by Crippen LogP contribution is 2.22. The van der Waals surface area contributed by atoms with Gasteiger partial charge in [0.1, 0.15) is 0 Å². The normalized spacial score (nSPS) is 11.4. The predicted molar refractivity (Wildman–Crippen MR) is 101 cm³/mol. The largest absolute Gasteiger partial charge is 0.376 e. The minimum Gasteiger partial charge on any atom is -0.376 e. The average Bonchev–Trinajstić information content (AvgIpc) is 2.56. The summed E-state index contributed by atoms with van der Waals surface area (Å²) < 4.78 is 25.1. The lowest BCUT2D eigenvalue weighted by molar-refractivity contribution is -0.114. The van der Waals surface area contributed by atoms with Gasteiger partial charge in [-0.25, -0.2) is 12.7 Å². The van der Waals surface area contributed by atoms with E-state index in [1.165, 1.54) is 26.2 Å². The van der Waals surface area contributed by atoms with Gasteiger partial charge in [0.05, 0.1) is 11.4 Å². The minimum absolute atomic E-state index is 0.0684. The number of benzene rings is 2. The maximum Gasteiger partial charge on any atom is 0.243 e. The van der Waals surface area contributed by atoms with E-state index in [2.05, 4.69) is 10.6 Å². The molecule has 8 heteroatoms. The number of nitrogens with one attached hydrogen (secondary N) is 2. The van der Waals surface area contributed by atoms with Gasteiger partial charge in [0, 0.05) is 30.5 Å². The molecule has 2 aromatic rings. The van der Waals surface area contributed by atoms with Gasteiger partial charge >= 0.3 is 0 Å². The van der Waals surface area contributed by atoms with E-state index in [1.54, 1.807) is 24.3 Å². The number of hydrogen-bond acceptors (Lipinski definition) is 4. The van der Waals surface area contributed by atoms with E-state index in [9.17, 15) is 13.2 Å². The third kappa shape index (κ3) is 4.72. The van der Waals surface area contributed by atoms with Crippen LogP contribution in [0.1, 0.15) is 5.56 Å². The number of carbonyl (C=O) groups is 1. The van der Waals surface area contributed by atoms with Crippen molar-refractivity contribution in [2.45, 2.75) is 11.8 Å². The molecular weight excluding hydrogens is 362 g/mol. The van der Waals surface area contributed by atoms with Crippen molar-refractivity contribution in [2.24, 2.45) is 0 Å². The predicted octanol–water partition coefficient (Wildman–Crippen LogP) is 2.95. The lowest BCUT2D eigenvalue weighted by atomic mass is 10.2. The maximum absolute atomic E-state index is 12.0. The highest BCUT2D eigenvalue weighted by Gasteiger charge is 2.16. The van der Waals surface area contributed by atoms with Gasteiger partial charge < -0.3 is 10.6 Å². The highest BCUT2D eigenvalue weighted by molar-refractivity contribution is 7.89. The summed E-state index contributed by atoms with van der Waals surface area (Å²) in [4.78, 5) is 12.2. The van der Waals surface area contributed by atoms with Gasteiger partial charge in [-0.1, -0.05) is 17.7 Å². The van der Waals surface area contributed by atoms with Gasteiger partial charge in [-0.15, -0.1) is 0 Å². The van der Waals surface area contributed by atoms with Crippen molar-refractivity contribution < 1.29 is 13.2 Å². The van der Waals surface area contributed by atoms with Crippen molar-refractivity contribution in [3.8, 4) is 0 Å². The maximum atomic E-state index is 12.0. The first-order chi connectivity index (χ1) is 11.7. The zero-order valence-corrected chi connectivity index (χ0v) is 15.8. The van der Waals surface area contributed by atoms with Gasteiger partial charge in [0.25, 0.3) is 0 Å². The molecule has 0 aliphatic heterocycles. The van der Waals surface area contributed by atoms with Crippen LogP contribution >= 0.6 is 11.6 Å². The molecule has 0 aromatic heterocycles. The smallest absolute Gasteiger partial charge is 0.243 e. The first-order valence-corrected chi connectivity index (χ1v) is 9.35. The Kier molecular flexibility index (Phi) is 6.05. The van der Waals surface area contributed by atoms with E-state index in [4.69, 9.17) is 11.6 Å². The first kappa shape index (κ1) is 19.2. The van der Waals surface area contributed by atoms with Crippen LogP contribution in [0.15, 0.2) is 47.4 Å². The Labute approximate surface area is 152 Å². The number of hydrogen-bond donors (Lipinski definition) is 2. The van der Waals surface area contributed by atoms with Crippen LogP contribution in [-0.2, 0) is 14.8 Å². The van der Waals surface area contributed by atoms with E-state index in [0.29, 0.717) is 10.7 Å². The molecule has 0 fully saturated rings. The molecule has 1 amide bonds. The second-order valence-electron chi connectivity index (χ2n) is 5.63. The van der Waals surface area contributed by atoms with Crippen LogP contribution in [0.25, 0.3) is 0 Å². The van der Waals surface area contributed by atoms with Crippen LogP contribution in [-0.4, -0.2) is 39.3 Å². The summed E-state index contributed by atoms with van der Waals surface area (Å²) in [5, 5.41) is 6.36. The van der Waals surface area contributed by atoms with E-state index < -0.39 is 10.0 Å². The van der Waals surface area contributed by atoms with E-state index >= 15 is 0 Å². The molecule has 0 saturated heterocycles. The standard InChI is InChI=1S/C17H20ClN3O3S/c1-12-15(18)5-4-6-16(12)19-11-17(22)20-13-7-9-14(10-8-13)25(23,24)21(2)3/h4-10,19H,11H2,1-3H3,(H,20,22). The molecular formula is C17H20ClN3O3S. The number of nitrogens with zero attached hydrogens (tertiary/aromatic N) is 1. The van der Waals surface area contributed by atoms with Crippen molar-refractivity contribution in [3.63, 3.8) is 0 Å². The summed E-state index contributed by atoms with van der Waals surface area (Å²) in [6.07, 6.45) is 0. The number of amides is 1. The Hall–Kier alpha value is -2.09. The molecule has 0 spiro atoms. The summed E-state index contributed by atoms with van der Waals surface area (Å²) in [5.41, 5.74) is 2.18. The van der Waals surface area contributed by atoms with E-state index in [1.807, 2.05) is 13.0 Å². The Bertz CT molecular complexity index is 865. The first-order valence-electron chi connectivity index (χ1n) is 7.53. The number of rotatable bonds is 6. The molecule has 0 radical (unpaired) electrons. The van der Waals surface area contributed by atoms with Gasteiger partial charge in [0.2, 0.25) is 15.9 Å². The highest BCUT2D eigenvalue weighted by atomic mass is 35.5. The summed E-state index contributed by atoms with van der Waals surface area (Å²) in [6, 6.07) is 11.5. The Morgan fingerprint density at radius 1 is 1.12 bits per heavy atom. The Morgan fingerprint density at radius 3 is 2.36 bits per heavy atom. The molecule has 2 rings (SSSR count). The summed E-state index contributed by atoms with van der Waals surface area (Å²) in [7, 11) is -0.548. The van der Waals surface area contributed by atoms with Crippen LogP contribution < -0.4 is 10.6 Å². The summed E-state index contributed by atoms with van der Waals surface area (Å²) in [5.74, 6) is -0.248. The Balaban J connectivity index is 1.98. The molecule has 0 aliphatic rings. The number of halogens is 1. The SMILES string of the molecule is Cc1c(Cl)cccc1NCC(=O)Nc1ccc(S(=O)(=O)N(C)C)cc1.